The van der Waals surface area contributed by atoms with E-state index in [9.17, 15) is 8.42 Å². The Kier molecular flexibility index (Phi) is 3.23. The number of sulfonamides is 1. The second-order valence-corrected chi connectivity index (χ2v) is 6.89. The summed E-state index contributed by atoms with van der Waals surface area (Å²) in [5.41, 5.74) is 0.236. The third-order valence-corrected chi connectivity index (χ3v) is 3.75. The van der Waals surface area contributed by atoms with E-state index in [2.05, 4.69) is 26.1 Å². The summed E-state index contributed by atoms with van der Waals surface area (Å²) in [7, 11) is -3.34. The highest BCUT2D eigenvalue weighted by atomic mass is 32.2. The van der Waals surface area contributed by atoms with Crippen molar-refractivity contribution < 1.29 is 8.42 Å². The van der Waals surface area contributed by atoms with E-state index in [1.54, 1.807) is 0 Å². The molecule has 0 bridgehead atoms. The highest BCUT2D eigenvalue weighted by Crippen LogP contribution is 2.32. The molecule has 0 aliphatic carbocycles. The maximum Gasteiger partial charge on any atom is 0.210 e. The van der Waals surface area contributed by atoms with Crippen LogP contribution in [0.3, 0.4) is 0 Å². The van der Waals surface area contributed by atoms with Gasteiger partial charge < -0.3 is 5.32 Å². The second-order valence-electron chi connectivity index (χ2n) is 5.23. The molecule has 14 heavy (non-hydrogen) atoms. The van der Waals surface area contributed by atoms with Gasteiger partial charge in [-0.15, -0.1) is 0 Å². The van der Waals surface area contributed by atoms with Crippen LogP contribution in [0.2, 0.25) is 0 Å². The van der Waals surface area contributed by atoms with Gasteiger partial charge in [-0.2, -0.15) is 0 Å². The predicted molar refractivity (Wildman–Crippen MR) is 57.3 cm³/mol. The summed E-state index contributed by atoms with van der Waals surface area (Å²) >= 11 is 0. The number of nitrogens with one attached hydrogen (secondary N) is 1. The van der Waals surface area contributed by atoms with Gasteiger partial charge >= 0.3 is 0 Å². The quantitative estimate of drug-likeness (QED) is 0.703. The van der Waals surface area contributed by atoms with Crippen LogP contribution < -0.4 is 10.5 Å². The Morgan fingerprint density at radius 1 is 1.43 bits per heavy atom. The zero-order valence-electron chi connectivity index (χ0n) is 9.08. The molecule has 4 nitrogen and oxygen atoms in total. The fourth-order valence-corrected chi connectivity index (χ4v) is 2.70. The highest BCUT2D eigenvalue weighted by Gasteiger charge is 2.33. The molecule has 0 saturated carbocycles. The van der Waals surface area contributed by atoms with E-state index >= 15 is 0 Å². The lowest BCUT2D eigenvalue weighted by atomic mass is 9.79. The fraction of sp³-hybridized carbons (Fsp3) is 1.00. The van der Waals surface area contributed by atoms with Crippen molar-refractivity contribution in [1.29, 1.82) is 0 Å². The first-order chi connectivity index (χ1) is 6.18. The maximum absolute atomic E-state index is 10.9. The molecule has 3 N–H and O–H groups in total. The largest absolute Gasteiger partial charge is 0.313 e. The molecule has 1 heterocycles. The number of hydrogen-bond acceptors (Lipinski definition) is 3. The standard InChI is InChI=1S/C9H20N2O2S/c1-9(2,3)7-4-8(11-5-7)6-14(10,12)13/h7-8,11H,4-6H2,1-3H3,(H2,10,12,13)/t7-,8-/m0/s1. The van der Waals surface area contributed by atoms with E-state index in [1.807, 2.05) is 0 Å². The molecule has 1 aliphatic heterocycles. The lowest BCUT2D eigenvalue weighted by molar-refractivity contribution is 0.258. The summed E-state index contributed by atoms with van der Waals surface area (Å²) in [6.07, 6.45) is 0.903. The molecule has 5 heteroatoms. The Morgan fingerprint density at radius 2 is 2.00 bits per heavy atom. The van der Waals surface area contributed by atoms with Gasteiger partial charge in [0.2, 0.25) is 10.0 Å². The minimum Gasteiger partial charge on any atom is -0.313 e. The zero-order valence-corrected chi connectivity index (χ0v) is 9.89. The van der Waals surface area contributed by atoms with Gasteiger partial charge in [0.25, 0.3) is 0 Å². The molecular weight excluding hydrogens is 200 g/mol. The fourth-order valence-electron chi connectivity index (χ4n) is 1.89. The molecule has 0 aromatic rings. The van der Waals surface area contributed by atoms with Gasteiger partial charge in [-0.3, -0.25) is 0 Å². The predicted octanol–water partition coefficient (Wildman–Crippen LogP) is 0.299. The zero-order chi connectivity index (χ0) is 11.0. The molecule has 84 valence electrons. The van der Waals surface area contributed by atoms with Gasteiger partial charge in [0, 0.05) is 6.04 Å². The Balaban J connectivity index is 2.50. The molecule has 1 fully saturated rings. The Morgan fingerprint density at radius 3 is 2.36 bits per heavy atom. The third-order valence-electron chi connectivity index (χ3n) is 2.88. The van der Waals surface area contributed by atoms with Crippen LogP contribution in [0, 0.1) is 11.3 Å². The number of nitrogens with two attached hydrogens (primary N) is 1. The Labute approximate surface area is 86.3 Å². The molecule has 0 radical (unpaired) electrons. The van der Waals surface area contributed by atoms with Crippen molar-refractivity contribution >= 4 is 10.0 Å². The van der Waals surface area contributed by atoms with Crippen LogP contribution >= 0.6 is 0 Å². The minimum atomic E-state index is -3.34. The normalized spacial score (nSPS) is 29.4. The summed E-state index contributed by atoms with van der Waals surface area (Å²) in [6.45, 7) is 7.43. The van der Waals surface area contributed by atoms with Crippen LogP contribution in [0.4, 0.5) is 0 Å². The molecule has 2 atom stereocenters. The maximum atomic E-state index is 10.9. The summed E-state index contributed by atoms with van der Waals surface area (Å²) < 4.78 is 21.8. The molecule has 0 aromatic carbocycles. The van der Waals surface area contributed by atoms with Crippen LogP contribution in [-0.2, 0) is 10.0 Å². The van der Waals surface area contributed by atoms with Crippen molar-refractivity contribution in [1.82, 2.24) is 5.32 Å². The minimum absolute atomic E-state index is 0.0363. The topological polar surface area (TPSA) is 72.2 Å². The molecular formula is C9H20N2O2S. The van der Waals surface area contributed by atoms with Gasteiger partial charge in [0.15, 0.2) is 0 Å². The third kappa shape index (κ3) is 3.55. The smallest absolute Gasteiger partial charge is 0.210 e. The van der Waals surface area contributed by atoms with E-state index < -0.39 is 10.0 Å². The lowest BCUT2D eigenvalue weighted by Crippen LogP contribution is -2.33. The van der Waals surface area contributed by atoms with Crippen LogP contribution in [0.15, 0.2) is 0 Å². The molecule has 1 aliphatic rings. The van der Waals surface area contributed by atoms with Gasteiger partial charge in [-0.05, 0) is 24.3 Å². The van der Waals surface area contributed by atoms with Gasteiger partial charge in [0.1, 0.15) is 0 Å². The van der Waals surface area contributed by atoms with Gasteiger partial charge in [0.05, 0.1) is 5.75 Å². The van der Waals surface area contributed by atoms with E-state index in [4.69, 9.17) is 5.14 Å². The van der Waals surface area contributed by atoms with Crippen molar-refractivity contribution in [3.63, 3.8) is 0 Å². The number of hydrogen-bond donors (Lipinski definition) is 2. The van der Waals surface area contributed by atoms with Crippen LogP contribution in [-0.4, -0.2) is 26.8 Å². The summed E-state index contributed by atoms with van der Waals surface area (Å²) in [6, 6.07) is 0.0363. The molecule has 0 spiro atoms. The first kappa shape index (κ1) is 11.9. The molecule has 1 saturated heterocycles. The second kappa shape index (κ2) is 3.79. The van der Waals surface area contributed by atoms with Gasteiger partial charge in [-0.25, -0.2) is 13.6 Å². The van der Waals surface area contributed by atoms with E-state index in [0.717, 1.165) is 13.0 Å². The summed E-state index contributed by atoms with van der Waals surface area (Å²) in [4.78, 5) is 0. The summed E-state index contributed by atoms with van der Waals surface area (Å²) in [5, 5.41) is 8.21. The van der Waals surface area contributed by atoms with Crippen molar-refractivity contribution in [2.45, 2.75) is 33.2 Å². The first-order valence-electron chi connectivity index (χ1n) is 4.92. The number of primary sulfonamides is 1. The van der Waals surface area contributed by atoms with E-state index in [1.165, 1.54) is 0 Å². The lowest BCUT2D eigenvalue weighted by Gasteiger charge is -2.26. The first-order valence-corrected chi connectivity index (χ1v) is 6.64. The van der Waals surface area contributed by atoms with Crippen molar-refractivity contribution in [2.75, 3.05) is 12.3 Å². The average Bonchev–Trinajstić information content (AvgIpc) is 2.29. The highest BCUT2D eigenvalue weighted by molar-refractivity contribution is 7.89. The Bertz CT molecular complexity index is 292. The number of rotatable bonds is 2. The molecule has 0 unspecified atom stereocenters. The Hall–Kier alpha value is -0.130. The van der Waals surface area contributed by atoms with E-state index in [-0.39, 0.29) is 17.2 Å². The molecule has 1 rings (SSSR count). The van der Waals surface area contributed by atoms with E-state index in [0.29, 0.717) is 5.92 Å². The van der Waals surface area contributed by atoms with Crippen molar-refractivity contribution in [3.05, 3.63) is 0 Å². The molecule has 0 amide bonds. The average molecular weight is 220 g/mol. The van der Waals surface area contributed by atoms with Crippen LogP contribution in [0.25, 0.3) is 0 Å². The summed E-state index contributed by atoms with van der Waals surface area (Å²) in [5.74, 6) is 0.591. The monoisotopic (exact) mass is 220 g/mol. The van der Waals surface area contributed by atoms with Crippen molar-refractivity contribution in [3.8, 4) is 0 Å². The van der Waals surface area contributed by atoms with Crippen molar-refractivity contribution in [2.24, 2.45) is 16.5 Å². The van der Waals surface area contributed by atoms with Gasteiger partial charge in [-0.1, -0.05) is 20.8 Å². The SMILES string of the molecule is CC(C)(C)[C@@H]1CN[C@H](CS(N)(=O)=O)C1. The van der Waals surface area contributed by atoms with Crippen LogP contribution in [0.1, 0.15) is 27.2 Å². The molecule has 0 aromatic heterocycles. The van der Waals surface area contributed by atoms with Crippen LogP contribution in [0.5, 0.6) is 0 Å².